The smallest absolute Gasteiger partial charge is 0.409 e. The molecule has 8 nitrogen and oxygen atoms in total. The Hall–Kier alpha value is -2.48. The van der Waals surface area contributed by atoms with Gasteiger partial charge in [-0.3, -0.25) is 9.89 Å². The van der Waals surface area contributed by atoms with Gasteiger partial charge in [0, 0.05) is 24.7 Å². The van der Waals surface area contributed by atoms with Gasteiger partial charge in [-0.1, -0.05) is 24.6 Å². The van der Waals surface area contributed by atoms with Crippen molar-refractivity contribution < 1.29 is 14.3 Å². The largest absolute Gasteiger partial charge is 0.496 e. The van der Waals surface area contributed by atoms with Crippen LogP contribution < -0.4 is 15.8 Å². The summed E-state index contributed by atoms with van der Waals surface area (Å²) in [6, 6.07) is 8.54. The van der Waals surface area contributed by atoms with E-state index in [9.17, 15) is 4.79 Å². The molecule has 3 rings (SSSR count). The van der Waals surface area contributed by atoms with Crippen molar-refractivity contribution in [2.75, 3.05) is 46.4 Å². The Bertz CT molecular complexity index is 728. The fraction of sp³-hybridized carbons (Fsp3) is 0.652. The number of nitrogens with one attached hydrogen (secondary N) is 1. The lowest BCUT2D eigenvalue weighted by Crippen LogP contribution is -2.48. The summed E-state index contributed by atoms with van der Waals surface area (Å²) in [6.07, 6.45) is 5.13. The van der Waals surface area contributed by atoms with Crippen molar-refractivity contribution >= 4 is 12.1 Å². The first-order valence-electron chi connectivity index (χ1n) is 11.5. The molecule has 2 aliphatic heterocycles. The van der Waals surface area contributed by atoms with E-state index >= 15 is 0 Å². The number of likely N-dealkylation sites (tertiary alicyclic amines) is 2. The number of carbonyl (C=O) groups excluding carboxylic acids is 1. The second kappa shape index (κ2) is 11.8. The number of carbonyl (C=O) groups is 1. The van der Waals surface area contributed by atoms with Crippen LogP contribution in [0.15, 0.2) is 29.3 Å². The number of hydrogen-bond acceptors (Lipinski definition) is 5. The molecule has 2 heterocycles. The first kappa shape index (κ1) is 23.2. The number of methoxy groups -OCH3 is 1. The molecule has 0 saturated carbocycles. The van der Waals surface area contributed by atoms with Crippen LogP contribution in [0.5, 0.6) is 5.75 Å². The Labute approximate surface area is 185 Å². The van der Waals surface area contributed by atoms with Gasteiger partial charge in [-0.05, 0) is 51.8 Å². The molecule has 1 atom stereocenters. The molecule has 8 heteroatoms. The van der Waals surface area contributed by atoms with E-state index in [0.29, 0.717) is 32.2 Å². The van der Waals surface area contributed by atoms with Crippen molar-refractivity contribution in [3.05, 3.63) is 29.8 Å². The Balaban J connectivity index is 1.60. The van der Waals surface area contributed by atoms with E-state index in [1.165, 1.54) is 19.3 Å². The molecular formula is C23H37N5O3. The van der Waals surface area contributed by atoms with Crippen LogP contribution in [-0.4, -0.2) is 74.3 Å². The molecule has 2 fully saturated rings. The second-order valence-corrected chi connectivity index (χ2v) is 8.18. The Kier molecular flexibility index (Phi) is 8.82. The maximum Gasteiger partial charge on any atom is 0.409 e. The molecule has 2 aliphatic rings. The van der Waals surface area contributed by atoms with Crippen molar-refractivity contribution in [3.63, 3.8) is 0 Å². The lowest BCUT2D eigenvalue weighted by Gasteiger charge is -2.35. The van der Waals surface area contributed by atoms with Crippen LogP contribution >= 0.6 is 0 Å². The minimum absolute atomic E-state index is 0.141. The van der Waals surface area contributed by atoms with Crippen molar-refractivity contribution in [1.82, 2.24) is 15.1 Å². The maximum atomic E-state index is 11.9. The van der Waals surface area contributed by atoms with Crippen molar-refractivity contribution in [2.45, 2.75) is 51.1 Å². The number of para-hydroxylation sites is 1. The number of benzene rings is 1. The summed E-state index contributed by atoms with van der Waals surface area (Å²) in [5, 5.41) is 3.35. The van der Waals surface area contributed by atoms with Crippen LogP contribution in [0.1, 0.15) is 50.6 Å². The average Bonchev–Trinajstić information content (AvgIpc) is 2.81. The number of amides is 1. The standard InChI is InChI=1S/C23H37N5O3/c1-3-31-23(29)28-15-11-18(12-16-28)26-22(24)25-17-20(27-13-7-4-8-14-27)19-9-5-6-10-21(19)30-2/h5-6,9-10,18,20H,3-4,7-8,11-17H2,1-2H3,(H3,24,25,26). The zero-order chi connectivity index (χ0) is 22.1. The SMILES string of the molecule is CCOC(=O)N1CCC(NC(N)=NCC(c2ccccc2OC)N2CCCCC2)CC1. The number of aliphatic imine (C=N–C) groups is 1. The number of nitrogens with two attached hydrogens (primary N) is 1. The summed E-state index contributed by atoms with van der Waals surface area (Å²) < 4.78 is 10.7. The Morgan fingerprint density at radius 2 is 1.90 bits per heavy atom. The molecule has 0 radical (unpaired) electrons. The molecule has 0 aromatic heterocycles. The molecule has 2 saturated heterocycles. The summed E-state index contributed by atoms with van der Waals surface area (Å²) in [4.78, 5) is 20.8. The van der Waals surface area contributed by atoms with Gasteiger partial charge in [0.1, 0.15) is 5.75 Å². The van der Waals surface area contributed by atoms with Gasteiger partial charge in [-0.25, -0.2) is 4.79 Å². The third kappa shape index (κ3) is 6.50. The first-order valence-corrected chi connectivity index (χ1v) is 11.5. The molecule has 0 aliphatic carbocycles. The van der Waals surface area contributed by atoms with Gasteiger partial charge in [-0.2, -0.15) is 0 Å². The predicted octanol–water partition coefficient (Wildman–Crippen LogP) is 2.75. The van der Waals surface area contributed by atoms with Crippen LogP contribution in [0.25, 0.3) is 0 Å². The van der Waals surface area contributed by atoms with Crippen LogP contribution in [0, 0.1) is 0 Å². The highest BCUT2D eigenvalue weighted by atomic mass is 16.6. The van der Waals surface area contributed by atoms with Crippen LogP contribution in [-0.2, 0) is 4.74 Å². The van der Waals surface area contributed by atoms with Gasteiger partial charge in [0.05, 0.1) is 26.3 Å². The highest BCUT2D eigenvalue weighted by Gasteiger charge is 2.26. The van der Waals surface area contributed by atoms with E-state index in [0.717, 1.165) is 37.2 Å². The number of ether oxygens (including phenoxy) is 2. The maximum absolute atomic E-state index is 11.9. The van der Waals surface area contributed by atoms with Gasteiger partial charge in [-0.15, -0.1) is 0 Å². The van der Waals surface area contributed by atoms with Crippen molar-refractivity contribution in [3.8, 4) is 5.75 Å². The second-order valence-electron chi connectivity index (χ2n) is 8.18. The third-order valence-corrected chi connectivity index (χ3v) is 6.14. The topological polar surface area (TPSA) is 92.4 Å². The predicted molar refractivity (Wildman–Crippen MR) is 122 cm³/mol. The first-order chi connectivity index (χ1) is 15.1. The lowest BCUT2D eigenvalue weighted by molar-refractivity contribution is 0.0963. The van der Waals surface area contributed by atoms with Crippen LogP contribution in [0.2, 0.25) is 0 Å². The number of guanidine groups is 1. The molecule has 1 aromatic rings. The quantitative estimate of drug-likeness (QED) is 0.509. The number of nitrogens with zero attached hydrogens (tertiary/aromatic N) is 3. The molecule has 1 amide bonds. The summed E-state index contributed by atoms with van der Waals surface area (Å²) in [6.45, 7) is 6.28. The molecule has 172 valence electrons. The Morgan fingerprint density at radius 3 is 2.58 bits per heavy atom. The van der Waals surface area contributed by atoms with Gasteiger partial charge < -0.3 is 25.4 Å². The van der Waals surface area contributed by atoms with Crippen LogP contribution in [0.3, 0.4) is 0 Å². The minimum Gasteiger partial charge on any atom is -0.496 e. The fourth-order valence-corrected chi connectivity index (χ4v) is 4.44. The van der Waals surface area contributed by atoms with E-state index in [1.54, 1.807) is 12.0 Å². The van der Waals surface area contributed by atoms with E-state index in [1.807, 2.05) is 19.1 Å². The summed E-state index contributed by atoms with van der Waals surface area (Å²) in [5.74, 6) is 1.36. The zero-order valence-electron chi connectivity index (χ0n) is 18.9. The van der Waals surface area contributed by atoms with Gasteiger partial charge in [0.2, 0.25) is 0 Å². The normalized spacial score (nSPS) is 19.7. The minimum atomic E-state index is -0.233. The van der Waals surface area contributed by atoms with Crippen molar-refractivity contribution in [2.24, 2.45) is 10.7 Å². The molecule has 3 N–H and O–H groups in total. The average molecular weight is 432 g/mol. The highest BCUT2D eigenvalue weighted by Crippen LogP contribution is 2.31. The van der Waals surface area contributed by atoms with E-state index in [4.69, 9.17) is 20.2 Å². The number of rotatable bonds is 7. The van der Waals surface area contributed by atoms with Crippen LogP contribution in [0.4, 0.5) is 4.79 Å². The highest BCUT2D eigenvalue weighted by molar-refractivity contribution is 5.78. The van der Waals surface area contributed by atoms with Gasteiger partial charge in [0.25, 0.3) is 0 Å². The molecule has 0 spiro atoms. The fourth-order valence-electron chi connectivity index (χ4n) is 4.44. The molecule has 1 unspecified atom stereocenters. The van der Waals surface area contributed by atoms with E-state index in [-0.39, 0.29) is 18.2 Å². The zero-order valence-corrected chi connectivity index (χ0v) is 18.9. The summed E-state index contributed by atoms with van der Waals surface area (Å²) >= 11 is 0. The molecule has 0 bridgehead atoms. The number of hydrogen-bond donors (Lipinski definition) is 2. The van der Waals surface area contributed by atoms with Gasteiger partial charge >= 0.3 is 6.09 Å². The summed E-state index contributed by atoms with van der Waals surface area (Å²) in [7, 11) is 1.72. The summed E-state index contributed by atoms with van der Waals surface area (Å²) in [5.41, 5.74) is 7.42. The Morgan fingerprint density at radius 1 is 1.19 bits per heavy atom. The lowest BCUT2D eigenvalue weighted by atomic mass is 10.0. The number of piperidine rings is 2. The molecule has 1 aromatic carbocycles. The molecular weight excluding hydrogens is 394 g/mol. The van der Waals surface area contributed by atoms with Crippen molar-refractivity contribution in [1.29, 1.82) is 0 Å². The monoisotopic (exact) mass is 431 g/mol. The van der Waals surface area contributed by atoms with E-state index in [2.05, 4.69) is 22.3 Å². The van der Waals surface area contributed by atoms with Gasteiger partial charge in [0.15, 0.2) is 5.96 Å². The third-order valence-electron chi connectivity index (χ3n) is 6.14. The molecule has 31 heavy (non-hydrogen) atoms. The van der Waals surface area contributed by atoms with E-state index < -0.39 is 0 Å².